The number of hydrogen-bond acceptors (Lipinski definition) is 4. The van der Waals surface area contributed by atoms with Crippen LogP contribution < -0.4 is 0 Å². The van der Waals surface area contributed by atoms with Crippen molar-refractivity contribution in [1.82, 2.24) is 9.55 Å². The molecular formula is C12H18N2O3S. The van der Waals surface area contributed by atoms with Crippen molar-refractivity contribution >= 4 is 15.6 Å². The third kappa shape index (κ3) is 2.98. The van der Waals surface area contributed by atoms with Crippen LogP contribution in [0.4, 0.5) is 0 Å². The van der Waals surface area contributed by atoms with Gasteiger partial charge in [0.1, 0.15) is 0 Å². The molecule has 6 heteroatoms. The first-order valence-electron chi connectivity index (χ1n) is 6.26. The van der Waals surface area contributed by atoms with Crippen molar-refractivity contribution in [3.8, 4) is 0 Å². The van der Waals surface area contributed by atoms with E-state index in [4.69, 9.17) is 0 Å². The third-order valence-corrected chi connectivity index (χ3v) is 5.07. The van der Waals surface area contributed by atoms with Crippen LogP contribution in [-0.4, -0.2) is 35.3 Å². The molecule has 1 aromatic heterocycles. The summed E-state index contributed by atoms with van der Waals surface area (Å²) in [4.78, 5) is 16.2. The molecule has 2 rings (SSSR count). The molecule has 1 aromatic rings. The minimum atomic E-state index is -2.91. The molecule has 0 amide bonds. The summed E-state index contributed by atoms with van der Waals surface area (Å²) in [5.41, 5.74) is 0. The van der Waals surface area contributed by atoms with Gasteiger partial charge in [0.15, 0.2) is 21.4 Å². The highest BCUT2D eigenvalue weighted by molar-refractivity contribution is 7.91. The van der Waals surface area contributed by atoms with E-state index < -0.39 is 9.84 Å². The molecule has 1 unspecified atom stereocenters. The minimum absolute atomic E-state index is 0.0331. The molecule has 0 radical (unpaired) electrons. The van der Waals surface area contributed by atoms with Gasteiger partial charge in [0.2, 0.25) is 0 Å². The van der Waals surface area contributed by atoms with Crippen LogP contribution in [0.25, 0.3) is 0 Å². The lowest BCUT2D eigenvalue weighted by Crippen LogP contribution is -2.15. The van der Waals surface area contributed by atoms with Gasteiger partial charge in [-0.3, -0.25) is 4.79 Å². The standard InChI is InChI=1S/C12H18N2O3S/c1-2-5-14-6-4-13-12(14)11(15)8-10-3-7-18(16,17)9-10/h4,6,10H,2-3,5,7-9H2,1H3. The van der Waals surface area contributed by atoms with Crippen LogP contribution in [0, 0.1) is 5.92 Å². The van der Waals surface area contributed by atoms with E-state index in [0.717, 1.165) is 13.0 Å². The van der Waals surface area contributed by atoms with E-state index in [1.165, 1.54) is 0 Å². The first-order chi connectivity index (χ1) is 8.52. The summed E-state index contributed by atoms with van der Waals surface area (Å²) in [6.45, 7) is 2.81. The largest absolute Gasteiger partial charge is 0.329 e. The van der Waals surface area contributed by atoms with Gasteiger partial charge in [-0.1, -0.05) is 6.92 Å². The first kappa shape index (κ1) is 13.3. The number of sulfone groups is 1. The van der Waals surface area contributed by atoms with Gasteiger partial charge in [0.25, 0.3) is 0 Å². The number of aryl methyl sites for hydroxylation is 1. The molecule has 1 saturated heterocycles. The lowest BCUT2D eigenvalue weighted by Gasteiger charge is -2.08. The van der Waals surface area contributed by atoms with Crippen LogP contribution in [0.15, 0.2) is 12.4 Å². The third-order valence-electron chi connectivity index (χ3n) is 3.23. The summed E-state index contributed by atoms with van der Waals surface area (Å²) in [6, 6.07) is 0. The minimum Gasteiger partial charge on any atom is -0.329 e. The Morgan fingerprint density at radius 1 is 1.56 bits per heavy atom. The molecule has 0 aromatic carbocycles. The van der Waals surface area contributed by atoms with Gasteiger partial charge in [0.05, 0.1) is 11.5 Å². The van der Waals surface area contributed by atoms with Gasteiger partial charge in [-0.25, -0.2) is 13.4 Å². The summed E-state index contributed by atoms with van der Waals surface area (Å²) in [7, 11) is -2.91. The van der Waals surface area contributed by atoms with Crippen LogP contribution in [-0.2, 0) is 16.4 Å². The number of rotatable bonds is 5. The molecule has 0 N–H and O–H groups in total. The average molecular weight is 270 g/mol. The molecule has 18 heavy (non-hydrogen) atoms. The zero-order chi connectivity index (χ0) is 13.2. The fourth-order valence-corrected chi connectivity index (χ4v) is 4.23. The monoisotopic (exact) mass is 270 g/mol. The number of imidazole rings is 1. The molecule has 2 heterocycles. The number of ketones is 1. The maximum absolute atomic E-state index is 12.1. The molecule has 0 spiro atoms. The Kier molecular flexibility index (Phi) is 3.85. The van der Waals surface area contributed by atoms with Crippen molar-refractivity contribution in [3.05, 3.63) is 18.2 Å². The van der Waals surface area contributed by atoms with Crippen molar-refractivity contribution in [1.29, 1.82) is 0 Å². The van der Waals surface area contributed by atoms with E-state index in [1.807, 2.05) is 11.5 Å². The van der Waals surface area contributed by atoms with Gasteiger partial charge in [-0.2, -0.15) is 0 Å². The van der Waals surface area contributed by atoms with E-state index in [2.05, 4.69) is 4.98 Å². The predicted octanol–water partition coefficient (Wildman–Crippen LogP) is 1.30. The van der Waals surface area contributed by atoms with Crippen LogP contribution in [0.3, 0.4) is 0 Å². The SMILES string of the molecule is CCCn1ccnc1C(=O)CC1CCS(=O)(=O)C1. The average Bonchev–Trinajstić information content (AvgIpc) is 2.86. The maximum Gasteiger partial charge on any atom is 0.198 e. The van der Waals surface area contributed by atoms with Crippen molar-refractivity contribution in [2.45, 2.75) is 32.7 Å². The number of carbonyl (C=O) groups is 1. The van der Waals surface area contributed by atoms with E-state index in [1.54, 1.807) is 12.4 Å². The van der Waals surface area contributed by atoms with Gasteiger partial charge in [-0.15, -0.1) is 0 Å². The fourth-order valence-electron chi connectivity index (χ4n) is 2.37. The van der Waals surface area contributed by atoms with Crippen molar-refractivity contribution in [2.75, 3.05) is 11.5 Å². The second kappa shape index (κ2) is 5.22. The Balaban J connectivity index is 2.02. The molecule has 0 aliphatic carbocycles. The number of nitrogens with zero attached hydrogens (tertiary/aromatic N) is 2. The number of carbonyl (C=O) groups excluding carboxylic acids is 1. The zero-order valence-corrected chi connectivity index (χ0v) is 11.3. The number of Topliss-reactive ketones (excluding diaryl/α,β-unsaturated/α-hetero) is 1. The fraction of sp³-hybridized carbons (Fsp3) is 0.667. The van der Waals surface area contributed by atoms with Crippen LogP contribution in [0.2, 0.25) is 0 Å². The quantitative estimate of drug-likeness (QED) is 0.756. The van der Waals surface area contributed by atoms with Gasteiger partial charge in [-0.05, 0) is 18.8 Å². The normalized spacial score (nSPS) is 22.2. The summed E-state index contributed by atoms with van der Waals surface area (Å²) in [5.74, 6) is 0.743. The van der Waals surface area contributed by atoms with Crippen LogP contribution in [0.5, 0.6) is 0 Å². The molecule has 5 nitrogen and oxygen atoms in total. The maximum atomic E-state index is 12.1. The summed E-state index contributed by atoms with van der Waals surface area (Å²) < 4.78 is 24.5. The van der Waals surface area contributed by atoms with Crippen molar-refractivity contribution in [2.24, 2.45) is 5.92 Å². The predicted molar refractivity (Wildman–Crippen MR) is 68.2 cm³/mol. The Labute approximate surface area is 107 Å². The Bertz CT molecular complexity index is 533. The molecule has 0 bridgehead atoms. The highest BCUT2D eigenvalue weighted by Crippen LogP contribution is 2.23. The topological polar surface area (TPSA) is 69.0 Å². The second-order valence-electron chi connectivity index (χ2n) is 4.84. The van der Waals surface area contributed by atoms with E-state index in [-0.39, 0.29) is 23.2 Å². The van der Waals surface area contributed by atoms with Crippen LogP contribution >= 0.6 is 0 Å². The second-order valence-corrected chi connectivity index (χ2v) is 7.07. The summed E-state index contributed by atoms with van der Waals surface area (Å²) >= 11 is 0. The molecule has 1 fully saturated rings. The first-order valence-corrected chi connectivity index (χ1v) is 8.08. The molecule has 100 valence electrons. The van der Waals surface area contributed by atoms with E-state index >= 15 is 0 Å². The molecule has 0 saturated carbocycles. The van der Waals surface area contributed by atoms with Crippen molar-refractivity contribution in [3.63, 3.8) is 0 Å². The lowest BCUT2D eigenvalue weighted by molar-refractivity contribution is 0.0951. The number of aromatic nitrogens is 2. The molecule has 1 aliphatic heterocycles. The van der Waals surface area contributed by atoms with Crippen molar-refractivity contribution < 1.29 is 13.2 Å². The van der Waals surface area contributed by atoms with Crippen LogP contribution in [0.1, 0.15) is 36.8 Å². The zero-order valence-electron chi connectivity index (χ0n) is 10.5. The Morgan fingerprint density at radius 3 is 2.94 bits per heavy atom. The Hall–Kier alpha value is -1.17. The molecule has 1 aliphatic rings. The van der Waals surface area contributed by atoms with Gasteiger partial charge < -0.3 is 4.57 Å². The summed E-state index contributed by atoms with van der Waals surface area (Å²) in [5, 5.41) is 0. The highest BCUT2D eigenvalue weighted by atomic mass is 32.2. The molecule has 1 atom stereocenters. The molecular weight excluding hydrogens is 252 g/mol. The lowest BCUT2D eigenvalue weighted by atomic mass is 10.0. The Morgan fingerprint density at radius 2 is 2.33 bits per heavy atom. The van der Waals surface area contributed by atoms with Gasteiger partial charge >= 0.3 is 0 Å². The smallest absolute Gasteiger partial charge is 0.198 e. The summed E-state index contributed by atoms with van der Waals surface area (Å²) in [6.07, 6.45) is 5.24. The van der Waals surface area contributed by atoms with E-state index in [0.29, 0.717) is 18.7 Å². The van der Waals surface area contributed by atoms with E-state index in [9.17, 15) is 13.2 Å². The highest BCUT2D eigenvalue weighted by Gasteiger charge is 2.30. The van der Waals surface area contributed by atoms with Gasteiger partial charge in [0, 0.05) is 25.4 Å². The number of hydrogen-bond donors (Lipinski definition) is 0.